The molecule has 1 N–H and O–H groups in total. The number of benzene rings is 2. The summed E-state index contributed by atoms with van der Waals surface area (Å²) >= 11 is 0. The molecule has 0 spiro atoms. The number of esters is 2. The van der Waals surface area contributed by atoms with Gasteiger partial charge in [0.05, 0.1) is 28.7 Å². The average Bonchev–Trinajstić information content (AvgIpc) is 3.23. The van der Waals surface area contributed by atoms with E-state index < -0.39 is 35.3 Å². The molecule has 1 aliphatic heterocycles. The lowest BCUT2D eigenvalue weighted by molar-refractivity contribution is -0.384. The molecule has 0 aromatic heterocycles. The van der Waals surface area contributed by atoms with Gasteiger partial charge in [-0.25, -0.2) is 4.79 Å². The third-order valence-corrected chi connectivity index (χ3v) is 5.00. The summed E-state index contributed by atoms with van der Waals surface area (Å²) < 4.78 is 10.1. The second kappa shape index (κ2) is 11.0. The Hall–Kier alpha value is -4.28. The molecule has 1 heterocycles. The number of hydrogen-bond acceptors (Lipinski definition) is 8. The Bertz CT molecular complexity index is 1100. The number of carbonyl (C=O) groups is 4. The number of anilines is 2. The number of hydrogen-bond donors (Lipinski definition) is 1. The number of non-ortho nitro benzene ring substituents is 1. The van der Waals surface area contributed by atoms with Crippen LogP contribution in [0.1, 0.15) is 30.1 Å². The number of nitrogens with one attached hydrogen (secondary N) is 1. The zero-order valence-corrected chi connectivity index (χ0v) is 18.4. The Morgan fingerprint density at radius 1 is 1.15 bits per heavy atom. The predicted molar refractivity (Wildman–Crippen MR) is 120 cm³/mol. The molecular weight excluding hydrogens is 446 g/mol. The van der Waals surface area contributed by atoms with Gasteiger partial charge in [0.25, 0.3) is 11.6 Å². The molecule has 1 fully saturated rings. The molecule has 11 nitrogen and oxygen atoms in total. The monoisotopic (exact) mass is 469 g/mol. The predicted octanol–water partition coefficient (Wildman–Crippen LogP) is 2.70. The van der Waals surface area contributed by atoms with Gasteiger partial charge in [-0.1, -0.05) is 13.0 Å². The molecule has 0 aliphatic carbocycles. The van der Waals surface area contributed by atoms with E-state index >= 15 is 0 Å². The fourth-order valence-corrected chi connectivity index (χ4v) is 3.31. The van der Waals surface area contributed by atoms with Crippen molar-refractivity contribution in [2.75, 3.05) is 30.0 Å². The Kier molecular flexibility index (Phi) is 7.91. The number of nitro benzene ring substituents is 1. The molecule has 1 aliphatic rings. The van der Waals surface area contributed by atoms with Gasteiger partial charge in [0.2, 0.25) is 5.91 Å². The van der Waals surface area contributed by atoms with Crippen molar-refractivity contribution in [2.45, 2.75) is 19.8 Å². The molecule has 0 unspecified atom stereocenters. The van der Waals surface area contributed by atoms with E-state index in [2.05, 4.69) is 5.32 Å². The van der Waals surface area contributed by atoms with Crippen molar-refractivity contribution in [3.63, 3.8) is 0 Å². The summed E-state index contributed by atoms with van der Waals surface area (Å²) in [5, 5.41) is 13.5. The normalized spacial score (nSPS) is 15.0. The zero-order chi connectivity index (χ0) is 24.7. The van der Waals surface area contributed by atoms with E-state index in [0.29, 0.717) is 30.0 Å². The third kappa shape index (κ3) is 6.15. The second-order valence-corrected chi connectivity index (χ2v) is 7.55. The molecule has 2 aromatic carbocycles. The van der Waals surface area contributed by atoms with Crippen LogP contribution in [-0.4, -0.2) is 48.4 Å². The van der Waals surface area contributed by atoms with Gasteiger partial charge in [0, 0.05) is 30.8 Å². The summed E-state index contributed by atoms with van der Waals surface area (Å²) in [5.41, 5.74) is 0.895. The maximum absolute atomic E-state index is 12.4. The molecule has 2 amide bonds. The minimum Gasteiger partial charge on any atom is -0.462 e. The van der Waals surface area contributed by atoms with E-state index in [1.165, 1.54) is 47.4 Å². The summed E-state index contributed by atoms with van der Waals surface area (Å²) in [6.45, 7) is 1.64. The van der Waals surface area contributed by atoms with Crippen LogP contribution in [0.4, 0.5) is 17.1 Å². The minimum absolute atomic E-state index is 0.00392. The van der Waals surface area contributed by atoms with Gasteiger partial charge in [-0.05, 0) is 36.8 Å². The number of nitrogens with zero attached hydrogens (tertiary/aromatic N) is 2. The highest BCUT2D eigenvalue weighted by molar-refractivity contribution is 6.00. The van der Waals surface area contributed by atoms with Crippen LogP contribution < -0.4 is 10.2 Å². The molecule has 2 aromatic rings. The van der Waals surface area contributed by atoms with Crippen molar-refractivity contribution in [1.29, 1.82) is 0 Å². The lowest BCUT2D eigenvalue weighted by Crippen LogP contribution is -2.28. The van der Waals surface area contributed by atoms with Gasteiger partial charge in [-0.15, -0.1) is 0 Å². The molecule has 34 heavy (non-hydrogen) atoms. The first-order valence-corrected chi connectivity index (χ1v) is 10.6. The number of ether oxygens (including phenoxy) is 2. The van der Waals surface area contributed by atoms with Crippen molar-refractivity contribution in [1.82, 2.24) is 0 Å². The Morgan fingerprint density at radius 2 is 1.88 bits per heavy atom. The van der Waals surface area contributed by atoms with Crippen LogP contribution in [0.3, 0.4) is 0 Å². The summed E-state index contributed by atoms with van der Waals surface area (Å²) in [4.78, 5) is 60.3. The fraction of sp³-hybridized carbons (Fsp3) is 0.304. The van der Waals surface area contributed by atoms with E-state index in [1.54, 1.807) is 6.07 Å². The summed E-state index contributed by atoms with van der Waals surface area (Å²) in [6, 6.07) is 11.6. The van der Waals surface area contributed by atoms with Gasteiger partial charge < -0.3 is 19.7 Å². The van der Waals surface area contributed by atoms with Gasteiger partial charge in [-0.2, -0.15) is 0 Å². The average molecular weight is 469 g/mol. The molecule has 11 heteroatoms. The Balaban J connectivity index is 1.49. The van der Waals surface area contributed by atoms with E-state index in [1.807, 2.05) is 6.92 Å². The van der Waals surface area contributed by atoms with Crippen molar-refractivity contribution in [2.24, 2.45) is 5.92 Å². The topological polar surface area (TPSA) is 145 Å². The van der Waals surface area contributed by atoms with Crippen LogP contribution >= 0.6 is 0 Å². The van der Waals surface area contributed by atoms with E-state index in [9.17, 15) is 29.3 Å². The van der Waals surface area contributed by atoms with Gasteiger partial charge in [0.15, 0.2) is 6.61 Å². The maximum Gasteiger partial charge on any atom is 0.338 e. The molecule has 1 atom stereocenters. The van der Waals surface area contributed by atoms with Crippen molar-refractivity contribution in [3.05, 3.63) is 64.2 Å². The minimum atomic E-state index is -0.798. The van der Waals surface area contributed by atoms with Crippen LogP contribution in [0.15, 0.2) is 48.5 Å². The van der Waals surface area contributed by atoms with Crippen molar-refractivity contribution < 1.29 is 33.6 Å². The SMILES string of the molecule is CCCOC(=O)c1ccc(NC(=O)COC(=O)[C@@H]2CC(=O)N(c3cccc([N+](=O)[O-])c3)C2)cc1. The van der Waals surface area contributed by atoms with E-state index in [4.69, 9.17) is 9.47 Å². The first-order chi connectivity index (χ1) is 16.3. The highest BCUT2D eigenvalue weighted by atomic mass is 16.6. The van der Waals surface area contributed by atoms with Crippen LogP contribution in [0, 0.1) is 16.0 Å². The number of rotatable bonds is 9. The Morgan fingerprint density at radius 3 is 2.56 bits per heavy atom. The fourth-order valence-electron chi connectivity index (χ4n) is 3.31. The summed E-state index contributed by atoms with van der Waals surface area (Å²) in [6.07, 6.45) is 0.583. The van der Waals surface area contributed by atoms with Crippen LogP contribution in [0.5, 0.6) is 0 Å². The number of carbonyl (C=O) groups excluding carboxylic acids is 4. The van der Waals surface area contributed by atoms with Gasteiger partial charge in [-0.3, -0.25) is 24.5 Å². The zero-order valence-electron chi connectivity index (χ0n) is 18.4. The molecule has 0 bridgehead atoms. The molecule has 178 valence electrons. The van der Waals surface area contributed by atoms with E-state index in [0.717, 1.165) is 0 Å². The maximum atomic E-state index is 12.4. The third-order valence-electron chi connectivity index (χ3n) is 5.00. The van der Waals surface area contributed by atoms with Crippen LogP contribution in [0.2, 0.25) is 0 Å². The summed E-state index contributed by atoms with van der Waals surface area (Å²) in [5.74, 6) is -2.93. The number of amides is 2. The lowest BCUT2D eigenvalue weighted by Gasteiger charge is -2.16. The molecule has 1 saturated heterocycles. The van der Waals surface area contributed by atoms with Crippen LogP contribution in [-0.2, 0) is 23.9 Å². The van der Waals surface area contributed by atoms with Crippen molar-refractivity contribution >= 4 is 40.8 Å². The lowest BCUT2D eigenvalue weighted by atomic mass is 10.1. The first-order valence-electron chi connectivity index (χ1n) is 10.6. The smallest absolute Gasteiger partial charge is 0.338 e. The Labute approximate surface area is 194 Å². The van der Waals surface area contributed by atoms with Gasteiger partial charge in [0.1, 0.15) is 0 Å². The second-order valence-electron chi connectivity index (χ2n) is 7.55. The quantitative estimate of drug-likeness (QED) is 0.335. The van der Waals surface area contributed by atoms with Crippen molar-refractivity contribution in [3.8, 4) is 0 Å². The van der Waals surface area contributed by atoms with Crippen LogP contribution in [0.25, 0.3) is 0 Å². The molecule has 3 rings (SSSR count). The molecule has 0 saturated carbocycles. The first kappa shape index (κ1) is 24.4. The molecule has 0 radical (unpaired) electrons. The molecular formula is C23H23N3O8. The highest BCUT2D eigenvalue weighted by Crippen LogP contribution is 2.28. The highest BCUT2D eigenvalue weighted by Gasteiger charge is 2.36. The standard InChI is InChI=1S/C23H23N3O8/c1-2-10-33-22(29)15-6-8-17(9-7-15)24-20(27)14-34-23(30)16-11-21(28)25(13-16)18-4-3-5-19(12-18)26(31)32/h3-9,12,16H,2,10-11,13-14H2,1H3,(H,24,27)/t16-/m1/s1. The van der Waals surface area contributed by atoms with Gasteiger partial charge >= 0.3 is 11.9 Å². The largest absolute Gasteiger partial charge is 0.462 e. The number of nitro groups is 1. The summed E-state index contributed by atoms with van der Waals surface area (Å²) in [7, 11) is 0. The van der Waals surface area contributed by atoms with E-state index in [-0.39, 0.29) is 24.6 Å².